The van der Waals surface area contributed by atoms with Crippen LogP contribution in [0.4, 0.5) is 0 Å². The summed E-state index contributed by atoms with van der Waals surface area (Å²) in [6.07, 6.45) is 2.06. The molecule has 0 aromatic carbocycles. The van der Waals surface area contributed by atoms with Crippen LogP contribution in [0.5, 0.6) is 0 Å². The second kappa shape index (κ2) is 5.40. The highest BCUT2D eigenvalue weighted by Gasteiger charge is 2.22. The molecule has 1 rings (SSSR count). The summed E-state index contributed by atoms with van der Waals surface area (Å²) in [5.41, 5.74) is 5.71. The maximum atomic E-state index is 11.3. The molecule has 0 atom stereocenters. The number of rotatable bonds is 2. The maximum absolute atomic E-state index is 11.3. The molecular formula is C11H17N3O2. The van der Waals surface area contributed by atoms with E-state index in [1.165, 1.54) is 7.11 Å². The van der Waals surface area contributed by atoms with E-state index in [4.69, 9.17) is 11.0 Å². The van der Waals surface area contributed by atoms with Crippen LogP contribution in [0.15, 0.2) is 11.4 Å². The Balaban J connectivity index is 2.81. The van der Waals surface area contributed by atoms with Crippen molar-refractivity contribution in [2.24, 2.45) is 11.7 Å². The predicted molar refractivity (Wildman–Crippen MR) is 58.8 cm³/mol. The van der Waals surface area contributed by atoms with Crippen molar-refractivity contribution in [2.75, 3.05) is 20.2 Å². The molecule has 5 heteroatoms. The molecule has 0 bridgehead atoms. The first kappa shape index (κ1) is 12.4. The number of nitriles is 1. The Morgan fingerprint density at radius 2 is 2.06 bits per heavy atom. The van der Waals surface area contributed by atoms with Crippen molar-refractivity contribution >= 4 is 5.97 Å². The van der Waals surface area contributed by atoms with E-state index in [2.05, 4.69) is 11.7 Å². The normalized spacial score (nSPS) is 18.7. The smallest absolute Gasteiger partial charge is 0.352 e. The Morgan fingerprint density at radius 3 is 2.50 bits per heavy atom. The van der Waals surface area contributed by atoms with Gasteiger partial charge in [-0.25, -0.2) is 4.79 Å². The van der Waals surface area contributed by atoms with Gasteiger partial charge in [-0.2, -0.15) is 5.26 Å². The third kappa shape index (κ3) is 2.66. The van der Waals surface area contributed by atoms with Gasteiger partial charge in [0.05, 0.1) is 7.11 Å². The molecule has 0 unspecified atom stereocenters. The molecule has 2 N–H and O–H groups in total. The van der Waals surface area contributed by atoms with E-state index >= 15 is 0 Å². The molecule has 0 amide bonds. The zero-order chi connectivity index (χ0) is 12.1. The topological polar surface area (TPSA) is 79.3 Å². The Bertz CT molecular complexity index is 336. The fourth-order valence-corrected chi connectivity index (χ4v) is 1.72. The molecule has 16 heavy (non-hydrogen) atoms. The van der Waals surface area contributed by atoms with Crippen LogP contribution in [0.3, 0.4) is 0 Å². The number of nitrogens with zero attached hydrogens (tertiary/aromatic N) is 2. The Morgan fingerprint density at radius 1 is 1.50 bits per heavy atom. The average Bonchev–Trinajstić information content (AvgIpc) is 2.30. The van der Waals surface area contributed by atoms with E-state index in [1.807, 2.05) is 4.90 Å². The molecule has 1 heterocycles. The van der Waals surface area contributed by atoms with E-state index in [0.29, 0.717) is 5.92 Å². The standard InChI is InChI=1S/C11H17N3O2/c1-8-3-5-14(6-4-8)10(13)9(7-12)11(15)16-2/h8H,3-6,13H2,1-2H3. The summed E-state index contributed by atoms with van der Waals surface area (Å²) in [6, 6.07) is 1.80. The van der Waals surface area contributed by atoms with Gasteiger partial charge in [0, 0.05) is 13.1 Å². The van der Waals surface area contributed by atoms with Crippen molar-refractivity contribution < 1.29 is 9.53 Å². The first-order chi connectivity index (χ1) is 7.60. The van der Waals surface area contributed by atoms with Crippen LogP contribution in [0.2, 0.25) is 0 Å². The number of carbonyl (C=O) groups is 1. The van der Waals surface area contributed by atoms with Crippen LogP contribution in [0.1, 0.15) is 19.8 Å². The number of methoxy groups -OCH3 is 1. The van der Waals surface area contributed by atoms with E-state index in [9.17, 15) is 4.79 Å². The van der Waals surface area contributed by atoms with E-state index in [0.717, 1.165) is 25.9 Å². The summed E-state index contributed by atoms with van der Waals surface area (Å²) in [6.45, 7) is 3.76. The zero-order valence-electron chi connectivity index (χ0n) is 9.69. The summed E-state index contributed by atoms with van der Waals surface area (Å²) in [4.78, 5) is 13.2. The second-order valence-corrected chi connectivity index (χ2v) is 4.03. The third-order valence-electron chi connectivity index (χ3n) is 2.88. The number of esters is 1. The van der Waals surface area contributed by atoms with Gasteiger partial charge in [0.1, 0.15) is 11.9 Å². The van der Waals surface area contributed by atoms with E-state index in [-0.39, 0.29) is 11.4 Å². The third-order valence-corrected chi connectivity index (χ3v) is 2.88. The molecular weight excluding hydrogens is 206 g/mol. The molecule has 0 radical (unpaired) electrons. The molecule has 1 saturated heterocycles. The number of carbonyl (C=O) groups excluding carboxylic acids is 1. The van der Waals surface area contributed by atoms with Gasteiger partial charge in [-0.15, -0.1) is 0 Å². The first-order valence-corrected chi connectivity index (χ1v) is 5.33. The van der Waals surface area contributed by atoms with Crippen LogP contribution in [0, 0.1) is 17.2 Å². The minimum atomic E-state index is -0.668. The molecule has 0 aromatic heterocycles. The lowest BCUT2D eigenvalue weighted by Gasteiger charge is -2.32. The molecule has 88 valence electrons. The van der Waals surface area contributed by atoms with Crippen molar-refractivity contribution in [2.45, 2.75) is 19.8 Å². The molecule has 5 nitrogen and oxygen atoms in total. The summed E-state index contributed by atoms with van der Waals surface area (Å²) in [7, 11) is 1.24. The number of nitrogens with two attached hydrogens (primary N) is 1. The number of ether oxygens (including phenoxy) is 1. The quantitative estimate of drug-likeness (QED) is 0.421. The first-order valence-electron chi connectivity index (χ1n) is 5.33. The van der Waals surface area contributed by atoms with Gasteiger partial charge in [0.2, 0.25) is 0 Å². The zero-order valence-corrected chi connectivity index (χ0v) is 9.69. The monoisotopic (exact) mass is 223 g/mol. The van der Waals surface area contributed by atoms with Crippen LogP contribution in [-0.4, -0.2) is 31.1 Å². The highest BCUT2D eigenvalue weighted by Crippen LogP contribution is 2.19. The van der Waals surface area contributed by atoms with Gasteiger partial charge in [0.25, 0.3) is 0 Å². The average molecular weight is 223 g/mol. The van der Waals surface area contributed by atoms with Gasteiger partial charge in [-0.1, -0.05) is 6.92 Å². The number of hydrogen-bond donors (Lipinski definition) is 1. The lowest BCUT2D eigenvalue weighted by molar-refractivity contribution is -0.135. The fourth-order valence-electron chi connectivity index (χ4n) is 1.72. The van der Waals surface area contributed by atoms with Crippen molar-refractivity contribution in [1.82, 2.24) is 4.90 Å². The lowest BCUT2D eigenvalue weighted by Crippen LogP contribution is -2.37. The van der Waals surface area contributed by atoms with Crippen LogP contribution in [-0.2, 0) is 9.53 Å². The van der Waals surface area contributed by atoms with Crippen LogP contribution >= 0.6 is 0 Å². The molecule has 1 fully saturated rings. The number of hydrogen-bond acceptors (Lipinski definition) is 5. The molecule has 0 saturated carbocycles. The maximum Gasteiger partial charge on any atom is 0.352 e. The van der Waals surface area contributed by atoms with Crippen molar-refractivity contribution in [1.29, 1.82) is 5.26 Å². The molecule has 0 aliphatic carbocycles. The second-order valence-electron chi connectivity index (χ2n) is 4.03. The summed E-state index contributed by atoms with van der Waals surface area (Å²) in [5, 5.41) is 8.87. The summed E-state index contributed by atoms with van der Waals surface area (Å²) >= 11 is 0. The van der Waals surface area contributed by atoms with Crippen LogP contribution < -0.4 is 5.73 Å². The highest BCUT2D eigenvalue weighted by molar-refractivity contribution is 5.93. The highest BCUT2D eigenvalue weighted by atomic mass is 16.5. The van der Waals surface area contributed by atoms with Gasteiger partial charge < -0.3 is 15.4 Å². The van der Waals surface area contributed by atoms with Gasteiger partial charge in [-0.05, 0) is 18.8 Å². The summed E-state index contributed by atoms with van der Waals surface area (Å²) in [5.74, 6) is 0.243. The fraction of sp³-hybridized carbons (Fsp3) is 0.636. The number of likely N-dealkylation sites (tertiary alicyclic amines) is 1. The molecule has 1 aliphatic rings. The predicted octanol–water partition coefficient (Wildman–Crippen LogP) is 0.585. The van der Waals surface area contributed by atoms with Crippen molar-refractivity contribution in [3.8, 4) is 6.07 Å². The molecule has 0 aromatic rings. The van der Waals surface area contributed by atoms with Gasteiger partial charge >= 0.3 is 5.97 Å². The Kier molecular flexibility index (Phi) is 4.18. The minimum Gasteiger partial charge on any atom is -0.465 e. The van der Waals surface area contributed by atoms with Gasteiger partial charge in [0.15, 0.2) is 5.57 Å². The minimum absolute atomic E-state index is 0.1000. The van der Waals surface area contributed by atoms with Gasteiger partial charge in [-0.3, -0.25) is 0 Å². The summed E-state index contributed by atoms with van der Waals surface area (Å²) < 4.78 is 4.51. The SMILES string of the molecule is COC(=O)C(C#N)=C(N)N1CCC(C)CC1. The van der Waals surface area contributed by atoms with E-state index in [1.54, 1.807) is 6.07 Å². The van der Waals surface area contributed by atoms with E-state index < -0.39 is 5.97 Å². The molecule has 1 aliphatic heterocycles. The Labute approximate surface area is 95.5 Å². The lowest BCUT2D eigenvalue weighted by atomic mass is 9.99. The van der Waals surface area contributed by atoms with Crippen LogP contribution in [0.25, 0.3) is 0 Å². The molecule has 0 spiro atoms. The largest absolute Gasteiger partial charge is 0.465 e. The van der Waals surface area contributed by atoms with Crippen molar-refractivity contribution in [3.05, 3.63) is 11.4 Å². The Hall–Kier alpha value is -1.70. The van der Waals surface area contributed by atoms with Crippen molar-refractivity contribution in [3.63, 3.8) is 0 Å². The number of piperidine rings is 1.